The van der Waals surface area contributed by atoms with Crippen molar-refractivity contribution in [3.05, 3.63) is 65.7 Å². The predicted molar refractivity (Wildman–Crippen MR) is 103 cm³/mol. The van der Waals surface area contributed by atoms with Crippen molar-refractivity contribution in [2.24, 2.45) is 0 Å². The topological polar surface area (TPSA) is 38.3 Å². The molecular weight excluding hydrogens is 310 g/mol. The maximum absolute atomic E-state index is 12.6. The molecule has 0 bridgehead atoms. The van der Waals surface area contributed by atoms with Gasteiger partial charge in [0, 0.05) is 5.54 Å². The fourth-order valence-electron chi connectivity index (χ4n) is 2.89. The molecule has 0 aliphatic carbocycles. The molecule has 0 spiro atoms. The molecule has 0 radical (unpaired) electrons. The van der Waals surface area contributed by atoms with Gasteiger partial charge < -0.3 is 10.1 Å². The standard InChI is InChI=1S/C22H29NO2/c1-16(2)19-13-9-10-14-20(19)25-17(3)21(24)23-22(4,5)15-18-11-7-6-8-12-18/h6-14,16-17H,15H2,1-5H3,(H,23,24). The molecule has 3 heteroatoms. The van der Waals surface area contributed by atoms with Crippen molar-refractivity contribution in [3.63, 3.8) is 0 Å². The highest BCUT2D eigenvalue weighted by Gasteiger charge is 2.25. The Labute approximate surface area is 151 Å². The maximum Gasteiger partial charge on any atom is 0.261 e. The summed E-state index contributed by atoms with van der Waals surface area (Å²) in [6.07, 6.45) is 0.226. The second-order valence-corrected chi connectivity index (χ2v) is 7.49. The molecule has 0 aliphatic heterocycles. The van der Waals surface area contributed by atoms with Gasteiger partial charge in [-0.05, 0) is 50.3 Å². The molecule has 1 amide bonds. The van der Waals surface area contributed by atoms with Gasteiger partial charge >= 0.3 is 0 Å². The van der Waals surface area contributed by atoms with E-state index in [0.29, 0.717) is 5.92 Å². The van der Waals surface area contributed by atoms with Gasteiger partial charge in [0.25, 0.3) is 5.91 Å². The second-order valence-electron chi connectivity index (χ2n) is 7.49. The van der Waals surface area contributed by atoms with Gasteiger partial charge in [-0.25, -0.2) is 0 Å². The molecule has 1 atom stereocenters. The van der Waals surface area contributed by atoms with Crippen molar-refractivity contribution in [3.8, 4) is 5.75 Å². The summed E-state index contributed by atoms with van der Waals surface area (Å²) >= 11 is 0. The van der Waals surface area contributed by atoms with Gasteiger partial charge in [0.15, 0.2) is 6.10 Å². The first-order valence-corrected chi connectivity index (χ1v) is 8.90. The third kappa shape index (κ3) is 5.63. The van der Waals surface area contributed by atoms with Crippen LogP contribution in [-0.4, -0.2) is 17.6 Å². The van der Waals surface area contributed by atoms with Gasteiger partial charge in [-0.2, -0.15) is 0 Å². The van der Waals surface area contributed by atoms with Crippen molar-refractivity contribution < 1.29 is 9.53 Å². The molecule has 134 valence electrons. The van der Waals surface area contributed by atoms with E-state index in [-0.39, 0.29) is 11.4 Å². The van der Waals surface area contributed by atoms with Crippen LogP contribution in [0.3, 0.4) is 0 Å². The Kier molecular flexibility index (Phi) is 6.24. The average Bonchev–Trinajstić information content (AvgIpc) is 2.55. The van der Waals surface area contributed by atoms with Crippen LogP contribution in [0.5, 0.6) is 5.75 Å². The summed E-state index contributed by atoms with van der Waals surface area (Å²) in [4.78, 5) is 12.6. The van der Waals surface area contributed by atoms with Crippen LogP contribution in [0.1, 0.15) is 51.7 Å². The first kappa shape index (κ1) is 19.0. The number of para-hydroxylation sites is 1. The lowest BCUT2D eigenvalue weighted by Gasteiger charge is -2.28. The molecule has 0 aromatic heterocycles. The van der Waals surface area contributed by atoms with Gasteiger partial charge in [-0.1, -0.05) is 62.4 Å². The molecule has 25 heavy (non-hydrogen) atoms. The zero-order valence-corrected chi connectivity index (χ0v) is 15.9. The summed E-state index contributed by atoms with van der Waals surface area (Å²) in [7, 11) is 0. The monoisotopic (exact) mass is 339 g/mol. The quantitative estimate of drug-likeness (QED) is 0.793. The van der Waals surface area contributed by atoms with Crippen LogP contribution < -0.4 is 10.1 Å². The van der Waals surface area contributed by atoms with E-state index in [1.807, 2.05) is 56.3 Å². The first-order valence-electron chi connectivity index (χ1n) is 8.90. The molecule has 0 saturated heterocycles. The number of nitrogens with one attached hydrogen (secondary N) is 1. The lowest BCUT2D eigenvalue weighted by atomic mass is 9.94. The minimum atomic E-state index is -0.546. The lowest BCUT2D eigenvalue weighted by molar-refractivity contribution is -0.128. The summed E-state index contributed by atoms with van der Waals surface area (Å²) < 4.78 is 5.95. The number of rotatable bonds is 7. The number of ether oxygens (including phenoxy) is 1. The van der Waals surface area contributed by atoms with E-state index < -0.39 is 6.10 Å². The lowest BCUT2D eigenvalue weighted by Crippen LogP contribution is -2.49. The highest BCUT2D eigenvalue weighted by Crippen LogP contribution is 2.26. The Morgan fingerprint density at radius 3 is 2.24 bits per heavy atom. The molecule has 0 heterocycles. The van der Waals surface area contributed by atoms with Crippen molar-refractivity contribution in [2.75, 3.05) is 0 Å². The summed E-state index contributed by atoms with van der Waals surface area (Å²) in [5, 5.41) is 3.11. The van der Waals surface area contributed by atoms with Crippen molar-refractivity contribution >= 4 is 5.91 Å². The first-order chi connectivity index (χ1) is 11.8. The number of carbonyl (C=O) groups is 1. The molecule has 2 rings (SSSR count). The number of amides is 1. The summed E-state index contributed by atoms with van der Waals surface area (Å²) in [6, 6.07) is 18.1. The third-order valence-electron chi connectivity index (χ3n) is 4.16. The Hall–Kier alpha value is -2.29. The maximum atomic E-state index is 12.6. The van der Waals surface area contributed by atoms with Crippen LogP contribution in [0.15, 0.2) is 54.6 Å². The highest BCUT2D eigenvalue weighted by molar-refractivity contribution is 5.81. The molecule has 0 aliphatic rings. The predicted octanol–water partition coefficient (Wildman–Crippen LogP) is 4.71. The summed E-state index contributed by atoms with van der Waals surface area (Å²) in [5.41, 5.74) is 1.98. The Balaban J connectivity index is 2.00. The molecular formula is C22H29NO2. The van der Waals surface area contributed by atoms with E-state index in [1.165, 1.54) is 5.56 Å². The minimum absolute atomic E-state index is 0.0977. The molecule has 0 saturated carbocycles. The average molecular weight is 339 g/mol. The Bertz CT molecular complexity index is 692. The fourth-order valence-corrected chi connectivity index (χ4v) is 2.89. The van der Waals surface area contributed by atoms with Crippen LogP contribution in [0.2, 0.25) is 0 Å². The van der Waals surface area contributed by atoms with Crippen LogP contribution in [0, 0.1) is 0 Å². The SMILES string of the molecule is CC(Oc1ccccc1C(C)C)C(=O)NC(C)(C)Cc1ccccc1. The van der Waals surface area contributed by atoms with Gasteiger partial charge in [0.05, 0.1) is 0 Å². The van der Waals surface area contributed by atoms with Crippen LogP contribution >= 0.6 is 0 Å². The molecule has 2 aromatic rings. The number of carbonyl (C=O) groups excluding carboxylic acids is 1. The van der Waals surface area contributed by atoms with Crippen LogP contribution in [-0.2, 0) is 11.2 Å². The zero-order valence-electron chi connectivity index (χ0n) is 15.9. The van der Waals surface area contributed by atoms with Crippen molar-refractivity contribution in [1.82, 2.24) is 5.32 Å². The number of hydrogen-bond acceptors (Lipinski definition) is 2. The van der Waals surface area contributed by atoms with Gasteiger partial charge in [-0.15, -0.1) is 0 Å². The molecule has 3 nitrogen and oxygen atoms in total. The third-order valence-corrected chi connectivity index (χ3v) is 4.16. The minimum Gasteiger partial charge on any atom is -0.481 e. The largest absolute Gasteiger partial charge is 0.481 e. The molecule has 0 fully saturated rings. The van der Waals surface area contributed by atoms with Crippen molar-refractivity contribution in [1.29, 1.82) is 0 Å². The molecule has 1 N–H and O–H groups in total. The van der Waals surface area contributed by atoms with E-state index in [4.69, 9.17) is 4.74 Å². The normalized spacial score (nSPS) is 12.7. The van der Waals surface area contributed by atoms with E-state index >= 15 is 0 Å². The zero-order chi connectivity index (χ0) is 18.4. The van der Waals surface area contributed by atoms with E-state index in [0.717, 1.165) is 17.7 Å². The van der Waals surface area contributed by atoms with Crippen LogP contribution in [0.4, 0.5) is 0 Å². The van der Waals surface area contributed by atoms with E-state index in [9.17, 15) is 4.79 Å². The Morgan fingerprint density at radius 1 is 1.00 bits per heavy atom. The molecule has 1 unspecified atom stereocenters. The van der Waals surface area contributed by atoms with Gasteiger partial charge in [0.1, 0.15) is 5.75 Å². The van der Waals surface area contributed by atoms with Gasteiger partial charge in [-0.3, -0.25) is 4.79 Å². The Morgan fingerprint density at radius 2 is 1.60 bits per heavy atom. The summed E-state index contributed by atoms with van der Waals surface area (Å²) in [6.45, 7) is 10.1. The van der Waals surface area contributed by atoms with E-state index in [1.54, 1.807) is 6.92 Å². The summed E-state index contributed by atoms with van der Waals surface area (Å²) in [5.74, 6) is 1.03. The second kappa shape index (κ2) is 8.19. The fraction of sp³-hybridized carbons (Fsp3) is 0.409. The van der Waals surface area contributed by atoms with E-state index in [2.05, 4.69) is 31.3 Å². The number of hydrogen-bond donors (Lipinski definition) is 1. The highest BCUT2D eigenvalue weighted by atomic mass is 16.5. The van der Waals surface area contributed by atoms with Gasteiger partial charge in [0.2, 0.25) is 0 Å². The molecule has 2 aromatic carbocycles. The smallest absolute Gasteiger partial charge is 0.261 e. The van der Waals surface area contributed by atoms with Crippen LogP contribution in [0.25, 0.3) is 0 Å². The van der Waals surface area contributed by atoms with Crippen molar-refractivity contribution in [2.45, 2.75) is 58.6 Å². The number of benzene rings is 2.